The van der Waals surface area contributed by atoms with Crippen LogP contribution in [0.3, 0.4) is 0 Å². The van der Waals surface area contributed by atoms with Crippen molar-refractivity contribution >= 4 is 28.3 Å². The molecule has 0 unspecified atom stereocenters. The van der Waals surface area contributed by atoms with Crippen molar-refractivity contribution in [3.05, 3.63) is 27.3 Å². The molecule has 1 aromatic rings. The van der Waals surface area contributed by atoms with E-state index in [1.165, 1.54) is 5.56 Å². The molecule has 11 heavy (non-hydrogen) atoms. The standard InChI is InChI=1S/C8H11IN2/c1-11-5-6-2-3-8(10)7(9)4-6/h2-4,11H,5,10H2,1H3. The summed E-state index contributed by atoms with van der Waals surface area (Å²) < 4.78 is 1.12. The fraction of sp³-hybridized carbons (Fsp3) is 0.250. The van der Waals surface area contributed by atoms with Gasteiger partial charge in [0.2, 0.25) is 0 Å². The Bertz CT molecular complexity index is 248. The zero-order valence-electron chi connectivity index (χ0n) is 6.39. The van der Waals surface area contributed by atoms with Gasteiger partial charge in [-0.25, -0.2) is 0 Å². The Morgan fingerprint density at radius 2 is 2.27 bits per heavy atom. The third-order valence-corrected chi connectivity index (χ3v) is 2.38. The molecule has 0 spiro atoms. The summed E-state index contributed by atoms with van der Waals surface area (Å²) in [6.07, 6.45) is 0. The van der Waals surface area contributed by atoms with Gasteiger partial charge in [0.1, 0.15) is 0 Å². The van der Waals surface area contributed by atoms with Crippen LogP contribution >= 0.6 is 22.6 Å². The van der Waals surface area contributed by atoms with Crippen LogP contribution in [0.15, 0.2) is 18.2 Å². The molecule has 1 rings (SSSR count). The van der Waals surface area contributed by atoms with Gasteiger partial charge in [-0.15, -0.1) is 0 Å². The number of hydrogen-bond donors (Lipinski definition) is 2. The van der Waals surface area contributed by atoms with Crippen molar-refractivity contribution in [1.29, 1.82) is 0 Å². The number of halogens is 1. The van der Waals surface area contributed by atoms with E-state index in [-0.39, 0.29) is 0 Å². The van der Waals surface area contributed by atoms with E-state index in [1.807, 2.05) is 19.2 Å². The Balaban J connectivity index is 2.86. The monoisotopic (exact) mass is 262 g/mol. The molecule has 0 aliphatic carbocycles. The SMILES string of the molecule is CNCc1ccc(N)c(I)c1. The molecule has 3 N–H and O–H groups in total. The molecule has 60 valence electrons. The van der Waals surface area contributed by atoms with Crippen molar-refractivity contribution in [3.8, 4) is 0 Å². The molecule has 0 radical (unpaired) electrons. The van der Waals surface area contributed by atoms with Crippen LogP contribution in [-0.2, 0) is 6.54 Å². The normalized spacial score (nSPS) is 10.0. The number of nitrogens with two attached hydrogens (primary N) is 1. The number of nitrogen functional groups attached to an aromatic ring is 1. The van der Waals surface area contributed by atoms with Crippen molar-refractivity contribution < 1.29 is 0 Å². The lowest BCUT2D eigenvalue weighted by atomic mass is 10.2. The van der Waals surface area contributed by atoms with E-state index in [2.05, 4.69) is 34.0 Å². The van der Waals surface area contributed by atoms with Crippen molar-refractivity contribution in [3.63, 3.8) is 0 Å². The molecular formula is C8H11IN2. The fourth-order valence-electron chi connectivity index (χ4n) is 0.885. The minimum absolute atomic E-state index is 0.852. The van der Waals surface area contributed by atoms with Gasteiger partial charge < -0.3 is 11.1 Å². The molecule has 0 amide bonds. The van der Waals surface area contributed by atoms with Gasteiger partial charge in [0.25, 0.3) is 0 Å². The van der Waals surface area contributed by atoms with Gasteiger partial charge in [0, 0.05) is 15.8 Å². The van der Waals surface area contributed by atoms with Gasteiger partial charge in [0.15, 0.2) is 0 Å². The average molecular weight is 262 g/mol. The van der Waals surface area contributed by atoms with Crippen molar-refractivity contribution in [2.75, 3.05) is 12.8 Å². The fourth-order valence-corrected chi connectivity index (χ4v) is 1.46. The van der Waals surface area contributed by atoms with Crippen molar-refractivity contribution in [2.24, 2.45) is 0 Å². The maximum absolute atomic E-state index is 5.66. The Kier molecular flexibility index (Phi) is 3.14. The Morgan fingerprint density at radius 3 is 2.82 bits per heavy atom. The highest BCUT2D eigenvalue weighted by atomic mass is 127. The quantitative estimate of drug-likeness (QED) is 0.627. The predicted octanol–water partition coefficient (Wildman–Crippen LogP) is 1.59. The lowest BCUT2D eigenvalue weighted by Gasteiger charge is -2.02. The van der Waals surface area contributed by atoms with Crippen LogP contribution in [0, 0.1) is 3.57 Å². The van der Waals surface area contributed by atoms with Crippen LogP contribution in [0.4, 0.5) is 5.69 Å². The van der Waals surface area contributed by atoms with Crippen LogP contribution in [0.2, 0.25) is 0 Å². The number of hydrogen-bond acceptors (Lipinski definition) is 2. The average Bonchev–Trinajstić information content (AvgIpc) is 1.98. The lowest BCUT2D eigenvalue weighted by molar-refractivity contribution is 0.817. The summed E-state index contributed by atoms with van der Waals surface area (Å²) in [6, 6.07) is 6.06. The van der Waals surface area contributed by atoms with E-state index in [9.17, 15) is 0 Å². The minimum Gasteiger partial charge on any atom is -0.398 e. The molecule has 0 atom stereocenters. The molecule has 3 heteroatoms. The summed E-state index contributed by atoms with van der Waals surface area (Å²) in [5.74, 6) is 0. The van der Waals surface area contributed by atoms with E-state index >= 15 is 0 Å². The molecule has 0 aromatic heterocycles. The molecule has 0 saturated carbocycles. The smallest absolute Gasteiger partial charge is 0.0449 e. The highest BCUT2D eigenvalue weighted by Crippen LogP contribution is 2.15. The van der Waals surface area contributed by atoms with Crippen LogP contribution < -0.4 is 11.1 Å². The first kappa shape index (κ1) is 8.80. The Morgan fingerprint density at radius 1 is 1.55 bits per heavy atom. The maximum Gasteiger partial charge on any atom is 0.0449 e. The zero-order valence-corrected chi connectivity index (χ0v) is 8.55. The second-order valence-corrected chi connectivity index (χ2v) is 3.55. The third kappa shape index (κ3) is 2.34. The van der Waals surface area contributed by atoms with Gasteiger partial charge in [-0.1, -0.05) is 6.07 Å². The maximum atomic E-state index is 5.66. The Labute approximate surface area is 80.3 Å². The van der Waals surface area contributed by atoms with Gasteiger partial charge in [-0.05, 0) is 47.3 Å². The molecular weight excluding hydrogens is 251 g/mol. The summed E-state index contributed by atoms with van der Waals surface area (Å²) in [7, 11) is 1.93. The highest BCUT2D eigenvalue weighted by molar-refractivity contribution is 14.1. The Hall–Kier alpha value is -0.290. The van der Waals surface area contributed by atoms with Crippen LogP contribution in [0.1, 0.15) is 5.56 Å². The molecule has 0 bridgehead atoms. The molecule has 0 saturated heterocycles. The first-order chi connectivity index (χ1) is 5.24. The number of nitrogens with one attached hydrogen (secondary N) is 1. The summed E-state index contributed by atoms with van der Waals surface area (Å²) in [5, 5.41) is 3.09. The minimum atomic E-state index is 0.852. The topological polar surface area (TPSA) is 38.0 Å². The van der Waals surface area contributed by atoms with Gasteiger partial charge >= 0.3 is 0 Å². The lowest BCUT2D eigenvalue weighted by Crippen LogP contribution is -2.05. The first-order valence-corrected chi connectivity index (χ1v) is 4.50. The second kappa shape index (κ2) is 3.92. The highest BCUT2D eigenvalue weighted by Gasteiger charge is 1.95. The number of anilines is 1. The molecule has 0 heterocycles. The molecule has 0 fully saturated rings. The van der Waals surface area contributed by atoms with Crippen molar-refractivity contribution in [2.45, 2.75) is 6.54 Å². The largest absolute Gasteiger partial charge is 0.398 e. The van der Waals surface area contributed by atoms with E-state index in [1.54, 1.807) is 0 Å². The van der Waals surface area contributed by atoms with Gasteiger partial charge in [0.05, 0.1) is 0 Å². The van der Waals surface area contributed by atoms with Crippen molar-refractivity contribution in [1.82, 2.24) is 5.32 Å². The first-order valence-electron chi connectivity index (χ1n) is 3.42. The van der Waals surface area contributed by atoms with E-state index in [0.29, 0.717) is 0 Å². The molecule has 1 aromatic carbocycles. The number of rotatable bonds is 2. The number of benzene rings is 1. The summed E-state index contributed by atoms with van der Waals surface area (Å²) in [4.78, 5) is 0. The summed E-state index contributed by atoms with van der Waals surface area (Å²) in [5.41, 5.74) is 7.78. The zero-order chi connectivity index (χ0) is 8.27. The molecule has 2 nitrogen and oxygen atoms in total. The summed E-state index contributed by atoms with van der Waals surface area (Å²) >= 11 is 2.24. The van der Waals surface area contributed by atoms with E-state index in [0.717, 1.165) is 15.8 Å². The van der Waals surface area contributed by atoms with Gasteiger partial charge in [-0.3, -0.25) is 0 Å². The third-order valence-electron chi connectivity index (χ3n) is 1.45. The van der Waals surface area contributed by atoms with E-state index in [4.69, 9.17) is 5.73 Å². The molecule has 0 aliphatic heterocycles. The molecule has 0 aliphatic rings. The van der Waals surface area contributed by atoms with Gasteiger partial charge in [-0.2, -0.15) is 0 Å². The van der Waals surface area contributed by atoms with Crippen LogP contribution in [0.5, 0.6) is 0 Å². The second-order valence-electron chi connectivity index (χ2n) is 2.39. The van der Waals surface area contributed by atoms with E-state index < -0.39 is 0 Å². The van der Waals surface area contributed by atoms with Crippen LogP contribution in [-0.4, -0.2) is 7.05 Å². The summed E-state index contributed by atoms with van der Waals surface area (Å²) in [6.45, 7) is 0.899. The predicted molar refractivity (Wildman–Crippen MR) is 56.3 cm³/mol. The van der Waals surface area contributed by atoms with Crippen LogP contribution in [0.25, 0.3) is 0 Å².